The lowest BCUT2D eigenvalue weighted by molar-refractivity contribution is 0.521. The van der Waals surface area contributed by atoms with Crippen molar-refractivity contribution < 1.29 is 0 Å². The van der Waals surface area contributed by atoms with E-state index < -0.39 is 0 Å². The molecule has 3 rings (SSSR count). The van der Waals surface area contributed by atoms with Gasteiger partial charge in [-0.25, -0.2) is 9.97 Å². The van der Waals surface area contributed by atoms with E-state index in [4.69, 9.17) is 4.98 Å². The van der Waals surface area contributed by atoms with Crippen molar-refractivity contribution in [3.63, 3.8) is 0 Å². The first-order valence-electron chi connectivity index (χ1n) is 6.91. The number of aromatic nitrogens is 2. The van der Waals surface area contributed by atoms with Gasteiger partial charge in [-0.1, -0.05) is 6.92 Å². The molecule has 0 aromatic carbocycles. The Hall–Kier alpha value is -1.12. The van der Waals surface area contributed by atoms with E-state index >= 15 is 0 Å². The lowest BCUT2D eigenvalue weighted by Gasteiger charge is -2.21. The predicted molar refractivity (Wildman–Crippen MR) is 69.2 cm³/mol. The molecule has 1 atom stereocenters. The lowest BCUT2D eigenvalue weighted by Crippen LogP contribution is -2.25. The molecule has 3 nitrogen and oxygen atoms in total. The minimum Gasteiger partial charge on any atom is -0.357 e. The molecule has 0 N–H and O–H groups in total. The van der Waals surface area contributed by atoms with Gasteiger partial charge in [0.25, 0.3) is 0 Å². The summed E-state index contributed by atoms with van der Waals surface area (Å²) in [7, 11) is 0. The normalized spacial score (nSPS) is 25.7. The third kappa shape index (κ3) is 2.59. The number of hydrogen-bond acceptors (Lipinski definition) is 3. The van der Waals surface area contributed by atoms with E-state index in [-0.39, 0.29) is 0 Å². The maximum atomic E-state index is 4.74. The largest absolute Gasteiger partial charge is 0.357 e. The topological polar surface area (TPSA) is 29.0 Å². The minimum absolute atomic E-state index is 0.654. The SMILES string of the molecule is CC1CCCN(c2ccnc(C3CC3)n2)CC1. The lowest BCUT2D eigenvalue weighted by atomic mass is 10.0. The quantitative estimate of drug-likeness (QED) is 0.783. The fraction of sp³-hybridized carbons (Fsp3) is 0.714. The molecule has 2 heterocycles. The zero-order valence-electron chi connectivity index (χ0n) is 10.6. The monoisotopic (exact) mass is 231 g/mol. The zero-order valence-corrected chi connectivity index (χ0v) is 10.6. The Balaban J connectivity index is 1.75. The molecule has 1 aromatic rings. The molecule has 0 amide bonds. The second-order valence-electron chi connectivity index (χ2n) is 5.57. The summed E-state index contributed by atoms with van der Waals surface area (Å²) in [6.07, 6.45) is 8.44. The second-order valence-corrected chi connectivity index (χ2v) is 5.57. The van der Waals surface area contributed by atoms with Gasteiger partial charge in [-0.2, -0.15) is 0 Å². The van der Waals surface area contributed by atoms with Gasteiger partial charge < -0.3 is 4.90 Å². The molecule has 3 heteroatoms. The van der Waals surface area contributed by atoms with Crippen molar-refractivity contribution in [2.45, 2.75) is 44.9 Å². The Morgan fingerprint density at radius 3 is 2.88 bits per heavy atom. The first-order chi connectivity index (χ1) is 8.33. The van der Waals surface area contributed by atoms with Crippen LogP contribution in [0.25, 0.3) is 0 Å². The molecule has 1 unspecified atom stereocenters. The van der Waals surface area contributed by atoms with Crippen molar-refractivity contribution in [2.24, 2.45) is 5.92 Å². The minimum atomic E-state index is 0.654. The summed E-state index contributed by atoms with van der Waals surface area (Å²) in [6.45, 7) is 4.67. The van der Waals surface area contributed by atoms with Crippen LogP contribution in [0.4, 0.5) is 5.82 Å². The van der Waals surface area contributed by atoms with E-state index in [9.17, 15) is 0 Å². The summed E-state index contributed by atoms with van der Waals surface area (Å²) >= 11 is 0. The van der Waals surface area contributed by atoms with Crippen molar-refractivity contribution in [3.8, 4) is 0 Å². The first-order valence-corrected chi connectivity index (χ1v) is 6.91. The molecule has 92 valence electrons. The number of nitrogens with zero attached hydrogens (tertiary/aromatic N) is 3. The summed E-state index contributed by atoms with van der Waals surface area (Å²) in [5.41, 5.74) is 0. The van der Waals surface area contributed by atoms with Crippen LogP contribution < -0.4 is 4.90 Å². The number of hydrogen-bond donors (Lipinski definition) is 0. The van der Waals surface area contributed by atoms with Gasteiger partial charge in [-0.15, -0.1) is 0 Å². The maximum Gasteiger partial charge on any atom is 0.133 e. The van der Waals surface area contributed by atoms with E-state index in [1.165, 1.54) is 32.1 Å². The van der Waals surface area contributed by atoms with E-state index in [0.29, 0.717) is 5.92 Å². The molecule has 17 heavy (non-hydrogen) atoms. The molecular weight excluding hydrogens is 210 g/mol. The van der Waals surface area contributed by atoms with E-state index in [2.05, 4.69) is 22.9 Å². The number of rotatable bonds is 2. The molecule has 2 fully saturated rings. The highest BCUT2D eigenvalue weighted by atomic mass is 15.2. The van der Waals surface area contributed by atoms with Crippen LogP contribution in [0.3, 0.4) is 0 Å². The Bertz CT molecular complexity index is 387. The maximum absolute atomic E-state index is 4.74. The van der Waals surface area contributed by atoms with Gasteiger partial charge in [0.2, 0.25) is 0 Å². The molecule has 1 aliphatic heterocycles. The fourth-order valence-corrected chi connectivity index (χ4v) is 2.57. The third-order valence-electron chi connectivity index (χ3n) is 3.94. The van der Waals surface area contributed by atoms with Gasteiger partial charge in [0.05, 0.1) is 0 Å². The van der Waals surface area contributed by atoms with E-state index in [1.807, 2.05) is 6.20 Å². The Kier molecular flexibility index (Phi) is 3.00. The Morgan fingerprint density at radius 1 is 1.18 bits per heavy atom. The van der Waals surface area contributed by atoms with E-state index in [1.54, 1.807) is 0 Å². The van der Waals surface area contributed by atoms with Crippen LogP contribution in [0, 0.1) is 5.92 Å². The highest BCUT2D eigenvalue weighted by Crippen LogP contribution is 2.38. The van der Waals surface area contributed by atoms with Gasteiger partial charge in [-0.3, -0.25) is 0 Å². The van der Waals surface area contributed by atoms with Gasteiger partial charge in [-0.05, 0) is 44.1 Å². The van der Waals surface area contributed by atoms with Crippen molar-refractivity contribution in [1.29, 1.82) is 0 Å². The van der Waals surface area contributed by atoms with Crippen LogP contribution in [0.2, 0.25) is 0 Å². The van der Waals surface area contributed by atoms with Crippen LogP contribution in [-0.4, -0.2) is 23.1 Å². The number of anilines is 1. The summed E-state index contributed by atoms with van der Waals surface area (Å²) in [4.78, 5) is 11.6. The Labute approximate surface area is 103 Å². The smallest absolute Gasteiger partial charge is 0.133 e. The Morgan fingerprint density at radius 2 is 2.06 bits per heavy atom. The summed E-state index contributed by atoms with van der Waals surface area (Å²) in [6, 6.07) is 2.07. The molecule has 1 aliphatic carbocycles. The van der Waals surface area contributed by atoms with Crippen molar-refractivity contribution in [3.05, 3.63) is 18.1 Å². The third-order valence-corrected chi connectivity index (χ3v) is 3.94. The first kappa shape index (κ1) is 11.0. The predicted octanol–water partition coefficient (Wildman–Crippen LogP) is 2.98. The van der Waals surface area contributed by atoms with Gasteiger partial charge in [0, 0.05) is 25.2 Å². The van der Waals surface area contributed by atoms with Gasteiger partial charge in [0.1, 0.15) is 11.6 Å². The second kappa shape index (κ2) is 4.63. The van der Waals surface area contributed by atoms with Crippen LogP contribution in [-0.2, 0) is 0 Å². The molecular formula is C14H21N3. The molecule has 0 bridgehead atoms. The highest BCUT2D eigenvalue weighted by Gasteiger charge is 2.27. The van der Waals surface area contributed by atoms with Gasteiger partial charge >= 0.3 is 0 Å². The summed E-state index contributed by atoms with van der Waals surface area (Å²) in [5, 5.41) is 0. The van der Waals surface area contributed by atoms with Crippen molar-refractivity contribution in [2.75, 3.05) is 18.0 Å². The average Bonchev–Trinajstić information content (AvgIpc) is 3.16. The molecule has 1 saturated heterocycles. The fourth-order valence-electron chi connectivity index (χ4n) is 2.57. The average molecular weight is 231 g/mol. The van der Waals surface area contributed by atoms with Crippen LogP contribution in [0.1, 0.15) is 50.8 Å². The zero-order chi connectivity index (χ0) is 11.7. The molecule has 1 aromatic heterocycles. The standard InChI is InChI=1S/C14H21N3/c1-11-3-2-9-17(10-7-11)13-6-8-15-14(16-13)12-4-5-12/h6,8,11-12H,2-5,7,9-10H2,1H3. The van der Waals surface area contributed by atoms with Crippen molar-refractivity contribution in [1.82, 2.24) is 9.97 Å². The van der Waals surface area contributed by atoms with Crippen LogP contribution in [0.15, 0.2) is 12.3 Å². The van der Waals surface area contributed by atoms with Gasteiger partial charge in [0.15, 0.2) is 0 Å². The summed E-state index contributed by atoms with van der Waals surface area (Å²) < 4.78 is 0. The van der Waals surface area contributed by atoms with Crippen LogP contribution in [0.5, 0.6) is 0 Å². The summed E-state index contributed by atoms with van der Waals surface area (Å²) in [5.74, 6) is 3.74. The molecule has 1 saturated carbocycles. The van der Waals surface area contributed by atoms with Crippen LogP contribution >= 0.6 is 0 Å². The highest BCUT2D eigenvalue weighted by molar-refractivity contribution is 5.38. The molecule has 0 radical (unpaired) electrons. The molecule has 2 aliphatic rings. The molecule has 0 spiro atoms. The van der Waals surface area contributed by atoms with E-state index in [0.717, 1.165) is 30.6 Å². The van der Waals surface area contributed by atoms with Crippen molar-refractivity contribution >= 4 is 5.82 Å².